The van der Waals surface area contributed by atoms with E-state index in [0.29, 0.717) is 0 Å². The molecule has 0 fully saturated rings. The summed E-state index contributed by atoms with van der Waals surface area (Å²) in [6.45, 7) is 5.43. The Kier molecular flexibility index (Phi) is 3.81. The topological polar surface area (TPSA) is 29.3 Å². The minimum atomic E-state index is 0.843. The molecule has 1 aromatic carbocycles. The average Bonchev–Trinajstić information content (AvgIpc) is 2.14. The molecule has 0 aromatic heterocycles. The fourth-order valence-corrected chi connectivity index (χ4v) is 1.62. The van der Waals surface area contributed by atoms with Crippen LogP contribution >= 0.6 is 0 Å². The van der Waals surface area contributed by atoms with Gasteiger partial charge in [0.15, 0.2) is 0 Å². The van der Waals surface area contributed by atoms with Gasteiger partial charge in [0.05, 0.1) is 0 Å². The molecule has 0 heterocycles. The van der Waals surface area contributed by atoms with Crippen LogP contribution in [0.15, 0.2) is 18.2 Å². The van der Waals surface area contributed by atoms with Crippen molar-refractivity contribution < 1.29 is 0 Å². The van der Waals surface area contributed by atoms with Crippen LogP contribution in [0.1, 0.15) is 25.3 Å². The summed E-state index contributed by atoms with van der Waals surface area (Å²) in [6.07, 6.45) is 2.47. The maximum Gasteiger partial charge on any atom is 0.0394 e. The van der Waals surface area contributed by atoms with E-state index in [4.69, 9.17) is 5.73 Å². The zero-order valence-corrected chi connectivity index (χ0v) is 9.38. The number of nitrogens with two attached hydrogens (primary N) is 1. The lowest BCUT2D eigenvalue weighted by molar-refractivity contribution is 0.765. The lowest BCUT2D eigenvalue weighted by Crippen LogP contribution is -2.19. The lowest BCUT2D eigenvalue weighted by atomic mass is 10.1. The van der Waals surface area contributed by atoms with Crippen molar-refractivity contribution in [1.82, 2.24) is 0 Å². The number of aryl methyl sites for hydroxylation is 1. The standard InChI is InChI=1S/C12H20N2/c1-4-5-8-14(3)12-7-6-11(13)9-10(12)2/h6-7,9H,4-5,8,13H2,1-3H3. The molecule has 0 aliphatic carbocycles. The summed E-state index contributed by atoms with van der Waals surface area (Å²) >= 11 is 0. The molecule has 0 saturated heterocycles. The third kappa shape index (κ3) is 2.66. The lowest BCUT2D eigenvalue weighted by Gasteiger charge is -2.21. The Morgan fingerprint density at radius 1 is 1.36 bits per heavy atom. The summed E-state index contributed by atoms with van der Waals surface area (Å²) in [6, 6.07) is 6.09. The largest absolute Gasteiger partial charge is 0.399 e. The highest BCUT2D eigenvalue weighted by Gasteiger charge is 2.03. The molecule has 1 rings (SSSR count). The van der Waals surface area contributed by atoms with Crippen molar-refractivity contribution >= 4 is 11.4 Å². The van der Waals surface area contributed by atoms with Gasteiger partial charge in [-0.2, -0.15) is 0 Å². The Morgan fingerprint density at radius 3 is 2.64 bits per heavy atom. The maximum atomic E-state index is 5.71. The summed E-state index contributed by atoms with van der Waals surface area (Å²) in [7, 11) is 2.13. The van der Waals surface area contributed by atoms with E-state index in [1.54, 1.807) is 0 Å². The van der Waals surface area contributed by atoms with Crippen molar-refractivity contribution in [1.29, 1.82) is 0 Å². The van der Waals surface area contributed by atoms with E-state index in [1.165, 1.54) is 24.1 Å². The van der Waals surface area contributed by atoms with E-state index in [2.05, 4.69) is 31.9 Å². The van der Waals surface area contributed by atoms with Crippen LogP contribution in [-0.4, -0.2) is 13.6 Å². The molecule has 0 saturated carbocycles. The molecular weight excluding hydrogens is 172 g/mol. The molecule has 2 nitrogen and oxygen atoms in total. The van der Waals surface area contributed by atoms with Crippen LogP contribution in [0, 0.1) is 6.92 Å². The number of nitrogen functional groups attached to an aromatic ring is 1. The molecule has 1 aromatic rings. The number of benzene rings is 1. The predicted octanol–water partition coefficient (Wildman–Crippen LogP) is 2.81. The molecule has 2 N–H and O–H groups in total. The van der Waals surface area contributed by atoms with E-state index < -0.39 is 0 Å². The van der Waals surface area contributed by atoms with Gasteiger partial charge in [0.25, 0.3) is 0 Å². The third-order valence-electron chi connectivity index (χ3n) is 2.48. The van der Waals surface area contributed by atoms with Gasteiger partial charge < -0.3 is 10.6 Å². The normalized spacial score (nSPS) is 10.2. The summed E-state index contributed by atoms with van der Waals surface area (Å²) in [5.74, 6) is 0. The zero-order chi connectivity index (χ0) is 10.6. The van der Waals surface area contributed by atoms with Crippen molar-refractivity contribution in [2.45, 2.75) is 26.7 Å². The summed E-state index contributed by atoms with van der Waals surface area (Å²) < 4.78 is 0. The highest BCUT2D eigenvalue weighted by molar-refractivity contribution is 5.58. The van der Waals surface area contributed by atoms with Gasteiger partial charge in [-0.15, -0.1) is 0 Å². The number of rotatable bonds is 4. The second-order valence-electron chi connectivity index (χ2n) is 3.82. The van der Waals surface area contributed by atoms with Crippen molar-refractivity contribution in [3.05, 3.63) is 23.8 Å². The van der Waals surface area contributed by atoms with Gasteiger partial charge in [-0.25, -0.2) is 0 Å². The number of hydrogen-bond donors (Lipinski definition) is 1. The first-order chi connectivity index (χ1) is 6.65. The van der Waals surface area contributed by atoms with Crippen molar-refractivity contribution in [2.24, 2.45) is 0 Å². The summed E-state index contributed by atoms with van der Waals surface area (Å²) in [5, 5.41) is 0. The van der Waals surface area contributed by atoms with Crippen LogP contribution in [-0.2, 0) is 0 Å². The number of nitrogens with zero attached hydrogens (tertiary/aromatic N) is 1. The van der Waals surface area contributed by atoms with Crippen LogP contribution in [0.4, 0.5) is 11.4 Å². The monoisotopic (exact) mass is 192 g/mol. The molecule has 0 radical (unpaired) electrons. The highest BCUT2D eigenvalue weighted by atomic mass is 15.1. The second-order valence-corrected chi connectivity index (χ2v) is 3.82. The Morgan fingerprint density at radius 2 is 2.07 bits per heavy atom. The quantitative estimate of drug-likeness (QED) is 0.743. The van der Waals surface area contributed by atoms with Crippen molar-refractivity contribution in [3.8, 4) is 0 Å². The third-order valence-corrected chi connectivity index (χ3v) is 2.48. The molecular formula is C12H20N2. The van der Waals surface area contributed by atoms with Crippen molar-refractivity contribution in [3.63, 3.8) is 0 Å². The summed E-state index contributed by atoms with van der Waals surface area (Å²) in [5.41, 5.74) is 9.09. The highest BCUT2D eigenvalue weighted by Crippen LogP contribution is 2.21. The Bertz CT molecular complexity index is 294. The molecule has 0 aliphatic rings. The van der Waals surface area contributed by atoms with Gasteiger partial charge in [0, 0.05) is 25.0 Å². The molecule has 0 unspecified atom stereocenters. The van der Waals surface area contributed by atoms with Gasteiger partial charge >= 0.3 is 0 Å². The van der Waals surface area contributed by atoms with Crippen LogP contribution in [0.5, 0.6) is 0 Å². The first-order valence-corrected chi connectivity index (χ1v) is 5.22. The molecule has 0 amide bonds. The minimum absolute atomic E-state index is 0.843. The Hall–Kier alpha value is -1.18. The fourth-order valence-electron chi connectivity index (χ4n) is 1.62. The van der Waals surface area contributed by atoms with E-state index in [1.807, 2.05) is 12.1 Å². The molecule has 2 heteroatoms. The molecule has 0 spiro atoms. The molecule has 78 valence electrons. The molecule has 0 atom stereocenters. The van der Waals surface area contributed by atoms with Crippen LogP contribution in [0.25, 0.3) is 0 Å². The Labute approximate surface area is 86.7 Å². The molecule has 0 aliphatic heterocycles. The number of anilines is 2. The van der Waals surface area contributed by atoms with Gasteiger partial charge in [0.1, 0.15) is 0 Å². The maximum absolute atomic E-state index is 5.71. The van der Waals surface area contributed by atoms with Crippen LogP contribution in [0.3, 0.4) is 0 Å². The summed E-state index contributed by atoms with van der Waals surface area (Å²) in [4.78, 5) is 2.29. The zero-order valence-electron chi connectivity index (χ0n) is 9.38. The average molecular weight is 192 g/mol. The fraction of sp³-hybridized carbons (Fsp3) is 0.500. The van der Waals surface area contributed by atoms with Gasteiger partial charge in [-0.05, 0) is 37.1 Å². The second kappa shape index (κ2) is 4.89. The Balaban J connectivity index is 2.74. The van der Waals surface area contributed by atoms with E-state index in [-0.39, 0.29) is 0 Å². The number of hydrogen-bond acceptors (Lipinski definition) is 2. The van der Waals surface area contributed by atoms with Crippen LogP contribution < -0.4 is 10.6 Å². The molecule has 14 heavy (non-hydrogen) atoms. The van der Waals surface area contributed by atoms with E-state index in [9.17, 15) is 0 Å². The van der Waals surface area contributed by atoms with Crippen molar-refractivity contribution in [2.75, 3.05) is 24.2 Å². The van der Waals surface area contributed by atoms with E-state index >= 15 is 0 Å². The first kappa shape index (κ1) is 10.9. The first-order valence-electron chi connectivity index (χ1n) is 5.22. The van der Waals surface area contributed by atoms with Gasteiger partial charge in [0.2, 0.25) is 0 Å². The SMILES string of the molecule is CCCCN(C)c1ccc(N)cc1C. The number of unbranched alkanes of at least 4 members (excludes halogenated alkanes) is 1. The van der Waals surface area contributed by atoms with Crippen LogP contribution in [0.2, 0.25) is 0 Å². The van der Waals surface area contributed by atoms with E-state index in [0.717, 1.165) is 12.2 Å². The molecule has 0 bridgehead atoms. The van der Waals surface area contributed by atoms with Gasteiger partial charge in [-0.3, -0.25) is 0 Å². The predicted molar refractivity (Wildman–Crippen MR) is 63.8 cm³/mol. The minimum Gasteiger partial charge on any atom is -0.399 e. The smallest absolute Gasteiger partial charge is 0.0394 e. The van der Waals surface area contributed by atoms with Gasteiger partial charge in [-0.1, -0.05) is 13.3 Å².